The number of carbonyl (C=O) groups excluding carboxylic acids is 1. The van der Waals surface area contributed by atoms with Crippen LogP contribution in [-0.4, -0.2) is 35.3 Å². The summed E-state index contributed by atoms with van der Waals surface area (Å²) in [7, 11) is 1.53. The molecule has 1 aliphatic rings. The quantitative estimate of drug-likeness (QED) is 0.805. The molecule has 9 heteroatoms. The molecule has 0 bridgehead atoms. The standard InChI is InChI=1S/C18H20ClFN4O3/c1-26-16-7-2-11(19)8-15(16)24-17(25)23-13-3-5-14(6-4-13)27-18-21-9-12(20)10-22-18/h2,7-10,13-14H,3-6H2,1H3,(H2,23,24,25). The van der Waals surface area contributed by atoms with Crippen LogP contribution in [0, 0.1) is 5.82 Å². The van der Waals surface area contributed by atoms with E-state index in [1.54, 1.807) is 18.2 Å². The van der Waals surface area contributed by atoms with Crippen LogP contribution in [0.25, 0.3) is 0 Å². The lowest BCUT2D eigenvalue weighted by Crippen LogP contribution is -2.41. The summed E-state index contributed by atoms with van der Waals surface area (Å²) >= 11 is 5.97. The number of methoxy groups -OCH3 is 1. The molecular formula is C18H20ClFN4O3. The van der Waals surface area contributed by atoms with E-state index in [-0.39, 0.29) is 24.2 Å². The second-order valence-electron chi connectivity index (χ2n) is 6.22. The van der Waals surface area contributed by atoms with Crippen molar-refractivity contribution in [1.29, 1.82) is 0 Å². The van der Waals surface area contributed by atoms with Gasteiger partial charge in [-0.25, -0.2) is 19.2 Å². The Morgan fingerprint density at radius 2 is 1.93 bits per heavy atom. The van der Waals surface area contributed by atoms with Gasteiger partial charge < -0.3 is 20.1 Å². The van der Waals surface area contributed by atoms with Crippen LogP contribution in [0.3, 0.4) is 0 Å². The van der Waals surface area contributed by atoms with E-state index in [0.717, 1.165) is 38.1 Å². The topological polar surface area (TPSA) is 85.4 Å². The number of urea groups is 1. The SMILES string of the molecule is COc1ccc(Cl)cc1NC(=O)NC1CCC(Oc2ncc(F)cn2)CC1. The first kappa shape index (κ1) is 19.2. The molecule has 0 saturated heterocycles. The van der Waals surface area contributed by atoms with E-state index >= 15 is 0 Å². The molecule has 0 aliphatic heterocycles. The molecule has 0 unspecified atom stereocenters. The summed E-state index contributed by atoms with van der Waals surface area (Å²) in [5.41, 5.74) is 0.507. The minimum Gasteiger partial charge on any atom is -0.495 e. The number of benzene rings is 1. The number of anilines is 1. The number of nitrogens with zero attached hydrogens (tertiary/aromatic N) is 2. The molecule has 1 saturated carbocycles. The zero-order valence-electron chi connectivity index (χ0n) is 14.7. The first-order valence-electron chi connectivity index (χ1n) is 8.58. The van der Waals surface area contributed by atoms with Gasteiger partial charge in [-0.05, 0) is 43.9 Å². The Balaban J connectivity index is 1.47. The molecule has 27 heavy (non-hydrogen) atoms. The first-order valence-corrected chi connectivity index (χ1v) is 8.96. The van der Waals surface area contributed by atoms with Crippen molar-refractivity contribution in [3.05, 3.63) is 41.4 Å². The van der Waals surface area contributed by atoms with Crippen molar-refractivity contribution in [2.45, 2.75) is 37.8 Å². The Kier molecular flexibility index (Phi) is 6.28. The molecule has 0 spiro atoms. The van der Waals surface area contributed by atoms with Crippen molar-refractivity contribution < 1.29 is 18.7 Å². The average Bonchev–Trinajstić information content (AvgIpc) is 2.65. The maximum Gasteiger partial charge on any atom is 0.319 e. The van der Waals surface area contributed by atoms with Crippen molar-refractivity contribution in [3.63, 3.8) is 0 Å². The molecule has 1 aromatic carbocycles. The zero-order chi connectivity index (χ0) is 19.2. The van der Waals surface area contributed by atoms with Crippen LogP contribution in [0.2, 0.25) is 5.02 Å². The van der Waals surface area contributed by atoms with Gasteiger partial charge in [0.2, 0.25) is 0 Å². The molecule has 1 aliphatic carbocycles. The lowest BCUT2D eigenvalue weighted by molar-refractivity contribution is 0.129. The maximum atomic E-state index is 12.8. The number of halogens is 2. The Labute approximate surface area is 161 Å². The van der Waals surface area contributed by atoms with Gasteiger partial charge in [-0.2, -0.15) is 0 Å². The highest BCUT2D eigenvalue weighted by molar-refractivity contribution is 6.31. The highest BCUT2D eigenvalue weighted by atomic mass is 35.5. The molecule has 1 aromatic heterocycles. The second kappa shape index (κ2) is 8.85. The molecule has 2 amide bonds. The summed E-state index contributed by atoms with van der Waals surface area (Å²) in [4.78, 5) is 19.9. The Morgan fingerprint density at radius 3 is 2.59 bits per heavy atom. The Bertz CT molecular complexity index is 783. The van der Waals surface area contributed by atoms with Crippen LogP contribution in [0.15, 0.2) is 30.6 Å². The van der Waals surface area contributed by atoms with Gasteiger partial charge in [0.1, 0.15) is 11.9 Å². The lowest BCUT2D eigenvalue weighted by atomic mass is 9.93. The van der Waals surface area contributed by atoms with Gasteiger partial charge >= 0.3 is 12.0 Å². The molecule has 144 valence electrons. The third kappa shape index (κ3) is 5.43. The minimum absolute atomic E-state index is 0.0316. The fourth-order valence-electron chi connectivity index (χ4n) is 2.96. The van der Waals surface area contributed by atoms with E-state index in [1.807, 2.05) is 0 Å². The van der Waals surface area contributed by atoms with E-state index in [1.165, 1.54) is 7.11 Å². The van der Waals surface area contributed by atoms with Crippen molar-refractivity contribution >= 4 is 23.3 Å². The highest BCUT2D eigenvalue weighted by Gasteiger charge is 2.24. The van der Waals surface area contributed by atoms with Crippen LogP contribution in [0.4, 0.5) is 14.9 Å². The fourth-order valence-corrected chi connectivity index (χ4v) is 3.13. The van der Waals surface area contributed by atoms with E-state index < -0.39 is 5.82 Å². The lowest BCUT2D eigenvalue weighted by Gasteiger charge is -2.28. The molecule has 1 heterocycles. The van der Waals surface area contributed by atoms with Crippen LogP contribution in [-0.2, 0) is 0 Å². The van der Waals surface area contributed by atoms with Crippen LogP contribution in [0.5, 0.6) is 11.8 Å². The third-order valence-corrected chi connectivity index (χ3v) is 4.52. The first-order chi connectivity index (χ1) is 13.0. The maximum absolute atomic E-state index is 12.8. The van der Waals surface area contributed by atoms with Crippen molar-refractivity contribution in [1.82, 2.24) is 15.3 Å². The van der Waals surface area contributed by atoms with Crippen LogP contribution >= 0.6 is 11.6 Å². The number of hydrogen-bond donors (Lipinski definition) is 2. The van der Waals surface area contributed by atoms with E-state index in [0.29, 0.717) is 16.5 Å². The largest absolute Gasteiger partial charge is 0.495 e. The Morgan fingerprint density at radius 1 is 1.22 bits per heavy atom. The summed E-state index contributed by atoms with van der Waals surface area (Å²) in [5.74, 6) is 0.0311. The number of ether oxygens (including phenoxy) is 2. The number of hydrogen-bond acceptors (Lipinski definition) is 5. The van der Waals surface area contributed by atoms with Crippen LogP contribution < -0.4 is 20.1 Å². The fraction of sp³-hybridized carbons (Fsp3) is 0.389. The molecule has 2 aromatic rings. The van der Waals surface area contributed by atoms with Gasteiger partial charge in [0, 0.05) is 11.1 Å². The van der Waals surface area contributed by atoms with Gasteiger partial charge in [0.05, 0.1) is 25.2 Å². The number of rotatable bonds is 5. The number of amides is 2. The highest BCUT2D eigenvalue weighted by Crippen LogP contribution is 2.28. The Hall–Kier alpha value is -2.61. The number of aromatic nitrogens is 2. The van der Waals surface area contributed by atoms with Crippen LogP contribution in [0.1, 0.15) is 25.7 Å². The van der Waals surface area contributed by atoms with Crippen molar-refractivity contribution in [3.8, 4) is 11.8 Å². The summed E-state index contributed by atoms with van der Waals surface area (Å²) in [6, 6.07) is 4.89. The molecule has 0 radical (unpaired) electrons. The van der Waals surface area contributed by atoms with Gasteiger partial charge in [0.25, 0.3) is 0 Å². The average molecular weight is 395 g/mol. The molecule has 1 fully saturated rings. The van der Waals surface area contributed by atoms with Gasteiger partial charge in [-0.3, -0.25) is 0 Å². The molecular weight excluding hydrogens is 375 g/mol. The molecule has 0 atom stereocenters. The number of carbonyl (C=O) groups is 1. The predicted octanol–water partition coefficient (Wildman–Crippen LogP) is 3.79. The summed E-state index contributed by atoms with van der Waals surface area (Å²) < 4.78 is 23.7. The zero-order valence-corrected chi connectivity index (χ0v) is 15.5. The van der Waals surface area contributed by atoms with Gasteiger partial charge in [0.15, 0.2) is 5.82 Å². The van der Waals surface area contributed by atoms with Gasteiger partial charge in [-0.1, -0.05) is 11.6 Å². The predicted molar refractivity (Wildman–Crippen MR) is 98.8 cm³/mol. The third-order valence-electron chi connectivity index (χ3n) is 4.29. The monoisotopic (exact) mass is 394 g/mol. The van der Waals surface area contributed by atoms with Crippen molar-refractivity contribution in [2.75, 3.05) is 12.4 Å². The van der Waals surface area contributed by atoms with E-state index in [9.17, 15) is 9.18 Å². The summed E-state index contributed by atoms with van der Waals surface area (Å²) in [5, 5.41) is 6.21. The molecule has 7 nitrogen and oxygen atoms in total. The number of nitrogens with one attached hydrogen (secondary N) is 2. The van der Waals surface area contributed by atoms with E-state index in [2.05, 4.69) is 20.6 Å². The van der Waals surface area contributed by atoms with Gasteiger partial charge in [-0.15, -0.1) is 0 Å². The minimum atomic E-state index is -0.502. The van der Waals surface area contributed by atoms with E-state index in [4.69, 9.17) is 21.1 Å². The summed E-state index contributed by atoms with van der Waals surface area (Å²) in [6.07, 6.45) is 5.09. The smallest absolute Gasteiger partial charge is 0.319 e. The molecule has 3 rings (SSSR count). The second-order valence-corrected chi connectivity index (χ2v) is 6.65. The molecule has 2 N–H and O–H groups in total. The van der Waals surface area contributed by atoms with Crippen molar-refractivity contribution in [2.24, 2.45) is 0 Å². The normalized spacial score (nSPS) is 19.2. The summed E-state index contributed by atoms with van der Waals surface area (Å²) in [6.45, 7) is 0.